The van der Waals surface area contributed by atoms with E-state index in [-0.39, 0.29) is 36.8 Å². The van der Waals surface area contributed by atoms with Gasteiger partial charge in [0, 0.05) is 30.8 Å². The molecule has 32 heavy (non-hydrogen) atoms. The zero-order valence-electron chi connectivity index (χ0n) is 18.6. The summed E-state index contributed by atoms with van der Waals surface area (Å²) >= 11 is 0. The summed E-state index contributed by atoms with van der Waals surface area (Å²) in [4.78, 5) is 46.2. The van der Waals surface area contributed by atoms with E-state index < -0.39 is 0 Å². The molecule has 3 rings (SSSR count). The molecule has 3 N–H and O–H groups in total. The van der Waals surface area contributed by atoms with Crippen LogP contribution in [0.3, 0.4) is 0 Å². The van der Waals surface area contributed by atoms with Gasteiger partial charge in [-0.2, -0.15) is 0 Å². The third-order valence-electron chi connectivity index (χ3n) is 5.20. The van der Waals surface area contributed by atoms with E-state index in [1.165, 1.54) is 7.11 Å². The van der Waals surface area contributed by atoms with Crippen LogP contribution in [0.5, 0.6) is 5.75 Å². The average Bonchev–Trinajstić information content (AvgIpc) is 2.78. The maximum Gasteiger partial charge on any atom is 0.255 e. The fraction of sp³-hybridized carbons (Fsp3) is 0.455. The Hall–Kier alpha value is -3.40. The Balaban J connectivity index is 1.51. The fourth-order valence-electron chi connectivity index (χ4n) is 3.43. The number of benzene rings is 1. The Morgan fingerprint density at radius 3 is 2.66 bits per heavy atom. The number of aryl methyl sites for hydroxylation is 2. The summed E-state index contributed by atoms with van der Waals surface area (Å²) in [5, 5.41) is 5.31. The highest BCUT2D eigenvalue weighted by Gasteiger charge is 2.17. The number of rotatable bonds is 8. The van der Waals surface area contributed by atoms with Gasteiger partial charge in [-0.05, 0) is 38.0 Å². The molecule has 1 fully saturated rings. The van der Waals surface area contributed by atoms with Crippen molar-refractivity contribution in [2.75, 3.05) is 50.2 Å². The molecule has 1 aliphatic rings. The molecule has 0 atom stereocenters. The van der Waals surface area contributed by atoms with Crippen LogP contribution in [-0.4, -0.2) is 61.7 Å². The monoisotopic (exact) mass is 443 g/mol. The van der Waals surface area contributed by atoms with Gasteiger partial charge >= 0.3 is 0 Å². The summed E-state index contributed by atoms with van der Waals surface area (Å²) in [5.41, 5.74) is 2.31. The second kappa shape index (κ2) is 10.8. The van der Waals surface area contributed by atoms with Crippen molar-refractivity contribution in [3.63, 3.8) is 0 Å². The Bertz CT molecular complexity index is 1030. The van der Waals surface area contributed by atoms with Crippen LogP contribution in [0.25, 0.3) is 0 Å². The van der Waals surface area contributed by atoms with Crippen LogP contribution in [0.2, 0.25) is 0 Å². The molecule has 2 aromatic rings. The molecule has 0 radical (unpaired) electrons. The first-order valence-corrected chi connectivity index (χ1v) is 10.5. The number of H-pyrrole nitrogens is 1. The highest BCUT2D eigenvalue weighted by Crippen LogP contribution is 2.24. The van der Waals surface area contributed by atoms with Crippen LogP contribution >= 0.6 is 0 Å². The molecule has 0 spiro atoms. The van der Waals surface area contributed by atoms with E-state index >= 15 is 0 Å². The van der Waals surface area contributed by atoms with E-state index in [2.05, 4.69) is 20.6 Å². The van der Waals surface area contributed by atoms with Crippen molar-refractivity contribution < 1.29 is 19.1 Å². The first-order valence-electron chi connectivity index (χ1n) is 10.5. The number of anilines is 2. The van der Waals surface area contributed by atoms with E-state index in [1.54, 1.807) is 19.1 Å². The topological polar surface area (TPSA) is 126 Å². The van der Waals surface area contributed by atoms with Gasteiger partial charge in [-0.1, -0.05) is 6.07 Å². The third-order valence-corrected chi connectivity index (χ3v) is 5.20. The van der Waals surface area contributed by atoms with Crippen LogP contribution in [0.4, 0.5) is 11.6 Å². The average molecular weight is 444 g/mol. The first-order chi connectivity index (χ1) is 15.4. The predicted molar refractivity (Wildman–Crippen MR) is 120 cm³/mol. The van der Waals surface area contributed by atoms with Gasteiger partial charge in [0.25, 0.3) is 5.56 Å². The highest BCUT2D eigenvalue weighted by atomic mass is 16.5. The smallest absolute Gasteiger partial charge is 0.255 e. The fourth-order valence-corrected chi connectivity index (χ4v) is 3.43. The summed E-state index contributed by atoms with van der Waals surface area (Å²) in [7, 11) is 1.52. The van der Waals surface area contributed by atoms with Gasteiger partial charge in [0.1, 0.15) is 5.75 Å². The minimum atomic E-state index is -0.368. The van der Waals surface area contributed by atoms with Crippen molar-refractivity contribution in [1.82, 2.24) is 15.3 Å². The zero-order chi connectivity index (χ0) is 23.1. The molecule has 2 heterocycles. The van der Waals surface area contributed by atoms with Crippen LogP contribution in [0.15, 0.2) is 23.0 Å². The maximum absolute atomic E-state index is 12.5. The van der Waals surface area contributed by atoms with E-state index in [1.807, 2.05) is 17.9 Å². The number of morpholine rings is 1. The lowest BCUT2D eigenvalue weighted by Gasteiger charge is -2.27. The van der Waals surface area contributed by atoms with Gasteiger partial charge < -0.3 is 25.0 Å². The van der Waals surface area contributed by atoms with Crippen LogP contribution in [0.1, 0.15) is 23.2 Å². The number of nitrogens with zero attached hydrogens (tertiary/aromatic N) is 2. The number of carbonyl (C=O) groups excluding carboxylic acids is 2. The van der Waals surface area contributed by atoms with Gasteiger partial charge in [-0.3, -0.25) is 19.4 Å². The summed E-state index contributed by atoms with van der Waals surface area (Å²) in [6.07, 6.45) is 0.306. The van der Waals surface area contributed by atoms with Crippen molar-refractivity contribution in [3.05, 3.63) is 45.4 Å². The van der Waals surface area contributed by atoms with Crippen molar-refractivity contribution in [2.45, 2.75) is 26.7 Å². The SMILES string of the molecule is COc1ccc(C)cc1NC(=O)CNC(=O)CCc1c(C)nc(N2CCOCC2)[nH]c1=O. The normalized spacial score (nSPS) is 13.5. The second-order valence-electron chi connectivity index (χ2n) is 7.58. The molecule has 1 saturated heterocycles. The Kier molecular flexibility index (Phi) is 7.82. The summed E-state index contributed by atoms with van der Waals surface area (Å²) in [6, 6.07) is 5.44. The molecule has 0 aliphatic carbocycles. The maximum atomic E-state index is 12.5. The number of aromatic nitrogens is 2. The van der Waals surface area contributed by atoms with E-state index in [9.17, 15) is 14.4 Å². The summed E-state index contributed by atoms with van der Waals surface area (Å²) < 4.78 is 10.6. The van der Waals surface area contributed by atoms with Gasteiger partial charge in [0.2, 0.25) is 17.8 Å². The van der Waals surface area contributed by atoms with Crippen molar-refractivity contribution in [3.8, 4) is 5.75 Å². The van der Waals surface area contributed by atoms with Crippen LogP contribution in [-0.2, 0) is 20.7 Å². The Morgan fingerprint density at radius 2 is 1.97 bits per heavy atom. The zero-order valence-corrected chi connectivity index (χ0v) is 18.6. The minimum absolute atomic E-state index is 0.0730. The number of amides is 2. The molecule has 1 aromatic carbocycles. The molecule has 0 unspecified atom stereocenters. The van der Waals surface area contributed by atoms with Gasteiger partial charge in [0.05, 0.1) is 32.6 Å². The number of methoxy groups -OCH3 is 1. The number of hydrogen-bond acceptors (Lipinski definition) is 7. The predicted octanol–water partition coefficient (Wildman–Crippen LogP) is 0.919. The van der Waals surface area contributed by atoms with Crippen molar-refractivity contribution in [1.29, 1.82) is 0 Å². The first kappa shape index (κ1) is 23.3. The second-order valence-corrected chi connectivity index (χ2v) is 7.58. The van der Waals surface area contributed by atoms with Crippen LogP contribution in [0, 0.1) is 13.8 Å². The third kappa shape index (κ3) is 6.07. The summed E-state index contributed by atoms with van der Waals surface area (Å²) in [6.45, 7) is 6.00. The van der Waals surface area contributed by atoms with Crippen molar-refractivity contribution in [2.24, 2.45) is 0 Å². The highest BCUT2D eigenvalue weighted by molar-refractivity contribution is 5.95. The molecular formula is C22H29N5O5. The number of nitrogens with one attached hydrogen (secondary N) is 3. The number of ether oxygens (including phenoxy) is 2. The molecule has 10 nitrogen and oxygen atoms in total. The molecule has 0 saturated carbocycles. The molecule has 1 aliphatic heterocycles. The molecule has 0 bridgehead atoms. The van der Waals surface area contributed by atoms with E-state index in [4.69, 9.17) is 9.47 Å². The Morgan fingerprint density at radius 1 is 1.22 bits per heavy atom. The molecule has 2 amide bonds. The number of carbonyl (C=O) groups is 2. The molecule has 10 heteroatoms. The number of hydrogen-bond donors (Lipinski definition) is 3. The lowest BCUT2D eigenvalue weighted by molar-refractivity contribution is -0.124. The lowest BCUT2D eigenvalue weighted by Crippen LogP contribution is -2.39. The van der Waals surface area contributed by atoms with Gasteiger partial charge in [0.15, 0.2) is 0 Å². The van der Waals surface area contributed by atoms with E-state index in [0.29, 0.717) is 54.9 Å². The molecule has 172 valence electrons. The number of aromatic amines is 1. The van der Waals surface area contributed by atoms with Gasteiger partial charge in [-0.25, -0.2) is 4.98 Å². The van der Waals surface area contributed by atoms with Crippen molar-refractivity contribution >= 4 is 23.5 Å². The largest absolute Gasteiger partial charge is 0.495 e. The minimum Gasteiger partial charge on any atom is -0.495 e. The standard InChI is InChI=1S/C22H29N5O5/c1-14-4-6-18(31-3)17(12-14)25-20(29)13-23-19(28)7-5-16-15(2)24-22(26-21(16)30)27-8-10-32-11-9-27/h4,6,12H,5,7-11,13H2,1-3H3,(H,23,28)(H,25,29)(H,24,26,30). The lowest BCUT2D eigenvalue weighted by atomic mass is 10.1. The quantitative estimate of drug-likeness (QED) is 0.554. The van der Waals surface area contributed by atoms with E-state index in [0.717, 1.165) is 5.56 Å². The Labute approximate surface area is 186 Å². The molecular weight excluding hydrogens is 414 g/mol. The van der Waals surface area contributed by atoms with Crippen LogP contribution < -0.4 is 25.8 Å². The summed E-state index contributed by atoms with van der Waals surface area (Å²) in [5.74, 6) is 0.366. The molecule has 1 aromatic heterocycles. The van der Waals surface area contributed by atoms with Gasteiger partial charge in [-0.15, -0.1) is 0 Å².